The first-order valence-corrected chi connectivity index (χ1v) is 4.07. The van der Waals surface area contributed by atoms with E-state index >= 15 is 0 Å². The molecule has 2 aliphatic rings. The molecule has 2 saturated heterocycles. The number of esters is 4. The SMILES string of the molecule is O=C1C[C@@H]([C@@H]2CC(=O)OC2=O)C(=O)O1. The van der Waals surface area contributed by atoms with Crippen molar-refractivity contribution in [3.05, 3.63) is 0 Å². The molecule has 2 atom stereocenters. The molecule has 0 aromatic heterocycles. The van der Waals surface area contributed by atoms with Gasteiger partial charge in [-0.15, -0.1) is 0 Å². The molecule has 2 fully saturated rings. The summed E-state index contributed by atoms with van der Waals surface area (Å²) in [5.41, 5.74) is 0. The second-order valence-electron chi connectivity index (χ2n) is 3.21. The van der Waals surface area contributed by atoms with E-state index in [1.54, 1.807) is 0 Å². The molecule has 2 heterocycles. The van der Waals surface area contributed by atoms with Crippen LogP contribution in [0.1, 0.15) is 12.8 Å². The topological polar surface area (TPSA) is 86.7 Å². The van der Waals surface area contributed by atoms with E-state index in [4.69, 9.17) is 0 Å². The number of ether oxygens (including phenoxy) is 2. The maximum Gasteiger partial charge on any atom is 0.318 e. The summed E-state index contributed by atoms with van der Waals surface area (Å²) >= 11 is 0. The molecule has 0 bridgehead atoms. The predicted molar refractivity (Wildman–Crippen MR) is 38.4 cm³/mol. The van der Waals surface area contributed by atoms with E-state index in [2.05, 4.69) is 9.47 Å². The van der Waals surface area contributed by atoms with Gasteiger partial charge in [0.25, 0.3) is 0 Å². The Morgan fingerprint density at radius 2 is 1.14 bits per heavy atom. The normalized spacial score (nSPS) is 32.0. The first kappa shape index (κ1) is 8.86. The van der Waals surface area contributed by atoms with Gasteiger partial charge in [-0.25, -0.2) is 0 Å². The second-order valence-corrected chi connectivity index (χ2v) is 3.21. The van der Waals surface area contributed by atoms with E-state index < -0.39 is 35.7 Å². The molecule has 0 aliphatic carbocycles. The van der Waals surface area contributed by atoms with Crippen LogP contribution in [0.5, 0.6) is 0 Å². The zero-order valence-electron chi connectivity index (χ0n) is 7.02. The lowest BCUT2D eigenvalue weighted by Gasteiger charge is -2.06. The molecule has 14 heavy (non-hydrogen) atoms. The number of hydrogen-bond acceptors (Lipinski definition) is 6. The highest BCUT2D eigenvalue weighted by Gasteiger charge is 2.48. The summed E-state index contributed by atoms with van der Waals surface area (Å²) in [6, 6.07) is 0. The summed E-state index contributed by atoms with van der Waals surface area (Å²) in [6.45, 7) is 0. The molecular weight excluding hydrogens is 192 g/mol. The van der Waals surface area contributed by atoms with Gasteiger partial charge < -0.3 is 9.47 Å². The molecule has 0 aromatic carbocycles. The summed E-state index contributed by atoms with van der Waals surface area (Å²) in [4.78, 5) is 43.6. The average Bonchev–Trinajstić information content (AvgIpc) is 2.55. The summed E-state index contributed by atoms with van der Waals surface area (Å²) < 4.78 is 8.55. The van der Waals surface area contributed by atoms with Crippen molar-refractivity contribution in [3.63, 3.8) is 0 Å². The van der Waals surface area contributed by atoms with Crippen LogP contribution >= 0.6 is 0 Å². The van der Waals surface area contributed by atoms with Gasteiger partial charge in [-0.2, -0.15) is 0 Å². The molecule has 2 aliphatic heterocycles. The Morgan fingerprint density at radius 3 is 1.36 bits per heavy atom. The highest BCUT2D eigenvalue weighted by molar-refractivity contribution is 6.01. The lowest BCUT2D eigenvalue weighted by Crippen LogP contribution is -2.23. The quantitative estimate of drug-likeness (QED) is 0.403. The number of cyclic esters (lactones) is 4. The van der Waals surface area contributed by atoms with Crippen molar-refractivity contribution >= 4 is 23.9 Å². The number of hydrogen-bond donors (Lipinski definition) is 0. The fourth-order valence-corrected chi connectivity index (χ4v) is 1.60. The van der Waals surface area contributed by atoms with Crippen molar-refractivity contribution < 1.29 is 28.7 Å². The van der Waals surface area contributed by atoms with Gasteiger partial charge in [0.15, 0.2) is 0 Å². The lowest BCUT2D eigenvalue weighted by molar-refractivity contribution is -0.158. The molecular formula is C8H6O6. The highest BCUT2D eigenvalue weighted by Crippen LogP contribution is 2.31. The molecule has 74 valence electrons. The van der Waals surface area contributed by atoms with Crippen molar-refractivity contribution in [2.45, 2.75) is 12.8 Å². The Hall–Kier alpha value is -1.72. The van der Waals surface area contributed by atoms with Crippen LogP contribution in [0, 0.1) is 11.8 Å². The molecule has 0 aromatic rings. The van der Waals surface area contributed by atoms with Gasteiger partial charge in [-0.3, -0.25) is 19.2 Å². The zero-order chi connectivity index (χ0) is 10.3. The van der Waals surface area contributed by atoms with Gasteiger partial charge in [0, 0.05) is 0 Å². The fourth-order valence-electron chi connectivity index (χ4n) is 1.60. The van der Waals surface area contributed by atoms with Crippen molar-refractivity contribution in [2.75, 3.05) is 0 Å². The van der Waals surface area contributed by atoms with Crippen molar-refractivity contribution in [3.8, 4) is 0 Å². The Bertz CT molecular complexity index is 310. The van der Waals surface area contributed by atoms with E-state index in [1.807, 2.05) is 0 Å². The third-order valence-electron chi connectivity index (χ3n) is 2.29. The van der Waals surface area contributed by atoms with Crippen molar-refractivity contribution in [1.82, 2.24) is 0 Å². The molecule has 2 rings (SSSR count). The minimum absolute atomic E-state index is 0.147. The van der Waals surface area contributed by atoms with Crippen molar-refractivity contribution in [1.29, 1.82) is 0 Å². The van der Waals surface area contributed by atoms with E-state index in [0.29, 0.717) is 0 Å². The maximum absolute atomic E-state index is 11.1. The smallest absolute Gasteiger partial charge is 0.318 e. The summed E-state index contributed by atoms with van der Waals surface area (Å²) in [5.74, 6) is -4.50. The lowest BCUT2D eigenvalue weighted by atomic mass is 9.90. The summed E-state index contributed by atoms with van der Waals surface area (Å²) in [7, 11) is 0. The highest BCUT2D eigenvalue weighted by atomic mass is 16.6. The Balaban J connectivity index is 2.16. The van der Waals surface area contributed by atoms with Gasteiger partial charge >= 0.3 is 23.9 Å². The van der Waals surface area contributed by atoms with Gasteiger partial charge in [-0.05, 0) is 0 Å². The Morgan fingerprint density at radius 1 is 0.786 bits per heavy atom. The number of carbonyl (C=O) groups excluding carboxylic acids is 4. The minimum atomic E-state index is -0.846. The molecule has 0 saturated carbocycles. The van der Waals surface area contributed by atoms with Gasteiger partial charge in [0.05, 0.1) is 24.7 Å². The summed E-state index contributed by atoms with van der Waals surface area (Å²) in [6.07, 6.45) is -0.294. The molecule has 0 unspecified atom stereocenters. The van der Waals surface area contributed by atoms with Crippen LogP contribution < -0.4 is 0 Å². The third-order valence-corrected chi connectivity index (χ3v) is 2.29. The van der Waals surface area contributed by atoms with Gasteiger partial charge in [0.1, 0.15) is 0 Å². The van der Waals surface area contributed by atoms with Crippen LogP contribution in [0.3, 0.4) is 0 Å². The first-order valence-electron chi connectivity index (χ1n) is 4.07. The Kier molecular flexibility index (Phi) is 1.83. The zero-order valence-corrected chi connectivity index (χ0v) is 7.02. The fraction of sp³-hybridized carbons (Fsp3) is 0.500. The number of carbonyl (C=O) groups is 4. The molecule has 0 radical (unpaired) electrons. The third kappa shape index (κ3) is 1.28. The maximum atomic E-state index is 11.1. The predicted octanol–water partition coefficient (Wildman–Crippen LogP) is -0.834. The van der Waals surface area contributed by atoms with E-state index in [1.165, 1.54) is 0 Å². The average molecular weight is 198 g/mol. The van der Waals surface area contributed by atoms with E-state index in [9.17, 15) is 19.2 Å². The van der Waals surface area contributed by atoms with E-state index in [0.717, 1.165) is 0 Å². The van der Waals surface area contributed by atoms with Gasteiger partial charge in [0.2, 0.25) is 0 Å². The van der Waals surface area contributed by atoms with Crippen molar-refractivity contribution in [2.24, 2.45) is 11.8 Å². The molecule has 0 spiro atoms. The van der Waals surface area contributed by atoms with Crippen LogP contribution in [-0.4, -0.2) is 23.9 Å². The van der Waals surface area contributed by atoms with Crippen LogP contribution in [0.2, 0.25) is 0 Å². The molecule has 6 nitrogen and oxygen atoms in total. The Labute approximate surface area is 78.2 Å². The van der Waals surface area contributed by atoms with Crippen LogP contribution in [0.4, 0.5) is 0 Å². The second kappa shape index (κ2) is 2.90. The largest absolute Gasteiger partial charge is 0.393 e. The standard InChI is InChI=1S/C8H6O6/c9-5-1-3(7(11)13-5)4-2-6(10)14-8(4)12/h3-4H,1-2H2/t3-,4-/m0/s1. The minimum Gasteiger partial charge on any atom is -0.393 e. The number of rotatable bonds is 1. The molecule has 0 N–H and O–H groups in total. The van der Waals surface area contributed by atoms with Gasteiger partial charge in [-0.1, -0.05) is 0 Å². The summed E-state index contributed by atoms with van der Waals surface area (Å²) in [5, 5.41) is 0. The van der Waals surface area contributed by atoms with Crippen LogP contribution in [0.25, 0.3) is 0 Å². The molecule has 0 amide bonds. The van der Waals surface area contributed by atoms with E-state index in [-0.39, 0.29) is 12.8 Å². The monoisotopic (exact) mass is 198 g/mol. The van der Waals surface area contributed by atoms with Crippen LogP contribution in [0.15, 0.2) is 0 Å². The molecule has 6 heteroatoms. The van der Waals surface area contributed by atoms with Crippen LogP contribution in [-0.2, 0) is 28.7 Å². The first-order chi connectivity index (χ1) is 6.58.